The second-order valence-corrected chi connectivity index (χ2v) is 8.47. The van der Waals surface area contributed by atoms with Crippen molar-refractivity contribution in [3.63, 3.8) is 0 Å². The highest BCUT2D eigenvalue weighted by molar-refractivity contribution is 5.65. The Morgan fingerprint density at radius 2 is 1.44 bits per heavy atom. The molecular weight excluding hydrogens is 390 g/mol. The van der Waals surface area contributed by atoms with Crippen molar-refractivity contribution in [2.45, 2.75) is 52.6 Å². The Labute approximate surface area is 192 Å². The second-order valence-electron chi connectivity index (χ2n) is 8.47. The van der Waals surface area contributed by atoms with Gasteiger partial charge in [-0.2, -0.15) is 0 Å². The summed E-state index contributed by atoms with van der Waals surface area (Å²) in [5.74, 6) is 0.889. The molecule has 0 saturated carbocycles. The highest BCUT2D eigenvalue weighted by atomic mass is 16.5. The summed E-state index contributed by atoms with van der Waals surface area (Å²) in [7, 11) is 0. The Morgan fingerprint density at radius 3 is 2.16 bits per heavy atom. The van der Waals surface area contributed by atoms with Crippen LogP contribution >= 0.6 is 0 Å². The molecule has 4 rings (SSSR count). The zero-order chi connectivity index (χ0) is 22.2. The van der Waals surface area contributed by atoms with Crippen LogP contribution in [-0.2, 0) is 13.0 Å². The Kier molecular flexibility index (Phi) is 7.45. The lowest BCUT2D eigenvalue weighted by Gasteiger charge is -2.14. The first-order chi connectivity index (χ1) is 15.7. The maximum atomic E-state index is 5.96. The molecule has 0 atom stereocenters. The van der Waals surface area contributed by atoms with Gasteiger partial charge in [-0.25, -0.2) is 0 Å². The Bertz CT molecular complexity index is 1090. The summed E-state index contributed by atoms with van der Waals surface area (Å²) in [5.41, 5.74) is 7.44. The van der Waals surface area contributed by atoms with Gasteiger partial charge in [0.05, 0.1) is 5.69 Å². The van der Waals surface area contributed by atoms with E-state index in [2.05, 4.69) is 91.2 Å². The molecule has 3 aromatic carbocycles. The van der Waals surface area contributed by atoms with Crippen molar-refractivity contribution in [3.05, 3.63) is 108 Å². The van der Waals surface area contributed by atoms with Gasteiger partial charge in [-0.1, -0.05) is 68.7 Å². The molecule has 0 N–H and O–H groups in total. The predicted molar refractivity (Wildman–Crippen MR) is 135 cm³/mol. The maximum absolute atomic E-state index is 5.96. The van der Waals surface area contributed by atoms with Crippen LogP contribution in [0.4, 0.5) is 0 Å². The van der Waals surface area contributed by atoms with Gasteiger partial charge in [-0.05, 0) is 85.0 Å². The normalized spacial score (nSPS) is 10.9. The Hall–Kier alpha value is -3.26. The van der Waals surface area contributed by atoms with Gasteiger partial charge in [0.25, 0.3) is 0 Å². The van der Waals surface area contributed by atoms with E-state index >= 15 is 0 Å². The number of rotatable bonds is 10. The fourth-order valence-electron chi connectivity index (χ4n) is 4.14. The van der Waals surface area contributed by atoms with Crippen molar-refractivity contribution in [3.8, 4) is 22.7 Å². The minimum Gasteiger partial charge on any atom is -0.489 e. The highest BCUT2D eigenvalue weighted by Crippen LogP contribution is 2.28. The minimum atomic E-state index is 0.584. The minimum absolute atomic E-state index is 0.584. The number of unbranched alkanes of at least 4 members (excludes halogenated alkanes) is 3. The van der Waals surface area contributed by atoms with E-state index in [-0.39, 0.29) is 0 Å². The van der Waals surface area contributed by atoms with Crippen LogP contribution in [0.15, 0.2) is 91.0 Å². The molecule has 0 fully saturated rings. The summed E-state index contributed by atoms with van der Waals surface area (Å²) < 4.78 is 8.29. The van der Waals surface area contributed by atoms with E-state index < -0.39 is 0 Å². The smallest absolute Gasteiger partial charge is 0.119 e. The lowest BCUT2D eigenvalue weighted by Crippen LogP contribution is -2.00. The topological polar surface area (TPSA) is 14.2 Å². The van der Waals surface area contributed by atoms with E-state index in [0.717, 1.165) is 5.75 Å². The monoisotopic (exact) mass is 423 g/mol. The van der Waals surface area contributed by atoms with Crippen molar-refractivity contribution >= 4 is 0 Å². The van der Waals surface area contributed by atoms with Gasteiger partial charge in [-0.15, -0.1) is 0 Å². The van der Waals surface area contributed by atoms with E-state index in [9.17, 15) is 0 Å². The lowest BCUT2D eigenvalue weighted by molar-refractivity contribution is 0.306. The van der Waals surface area contributed by atoms with Gasteiger partial charge in [0, 0.05) is 11.4 Å². The maximum Gasteiger partial charge on any atom is 0.119 e. The number of benzene rings is 3. The van der Waals surface area contributed by atoms with E-state index in [1.54, 1.807) is 0 Å². The van der Waals surface area contributed by atoms with Crippen molar-refractivity contribution in [1.29, 1.82) is 0 Å². The molecule has 0 radical (unpaired) electrons. The largest absolute Gasteiger partial charge is 0.489 e. The van der Waals surface area contributed by atoms with E-state index in [1.807, 2.05) is 18.2 Å². The first-order valence-corrected chi connectivity index (χ1v) is 11.8. The molecule has 0 spiro atoms. The lowest BCUT2D eigenvalue weighted by atomic mass is 10.1. The first-order valence-electron chi connectivity index (χ1n) is 11.8. The van der Waals surface area contributed by atoms with Crippen LogP contribution in [0.2, 0.25) is 0 Å². The SMILES string of the molecule is CCCCCCc1ccc(-n2c(C)ccc2-c2ccc(OCc3ccccc3)cc2)cc1. The third-order valence-electron chi connectivity index (χ3n) is 5.99. The summed E-state index contributed by atoms with van der Waals surface area (Å²) in [5, 5.41) is 0. The molecule has 0 saturated heterocycles. The average Bonchev–Trinajstić information content (AvgIpc) is 3.23. The molecule has 1 aromatic heterocycles. The number of nitrogens with zero attached hydrogens (tertiary/aromatic N) is 1. The summed E-state index contributed by atoms with van der Waals surface area (Å²) in [6.07, 6.45) is 6.39. The van der Waals surface area contributed by atoms with Crippen molar-refractivity contribution < 1.29 is 4.74 Å². The van der Waals surface area contributed by atoms with Crippen LogP contribution in [-0.4, -0.2) is 4.57 Å². The van der Waals surface area contributed by atoms with Gasteiger partial charge in [-0.3, -0.25) is 0 Å². The van der Waals surface area contributed by atoms with Crippen LogP contribution < -0.4 is 4.74 Å². The molecule has 164 valence electrons. The fraction of sp³-hybridized carbons (Fsp3) is 0.267. The zero-order valence-electron chi connectivity index (χ0n) is 19.3. The fourth-order valence-corrected chi connectivity index (χ4v) is 4.14. The van der Waals surface area contributed by atoms with E-state index in [4.69, 9.17) is 4.74 Å². The number of hydrogen-bond donors (Lipinski definition) is 0. The van der Waals surface area contributed by atoms with Crippen LogP contribution in [0.25, 0.3) is 16.9 Å². The van der Waals surface area contributed by atoms with Gasteiger partial charge >= 0.3 is 0 Å². The molecular formula is C30H33NO. The number of aromatic nitrogens is 1. The van der Waals surface area contributed by atoms with Gasteiger partial charge in [0.1, 0.15) is 12.4 Å². The molecule has 0 unspecified atom stereocenters. The first kappa shape index (κ1) is 22.0. The molecule has 32 heavy (non-hydrogen) atoms. The zero-order valence-corrected chi connectivity index (χ0v) is 19.3. The molecule has 0 aliphatic rings. The molecule has 2 nitrogen and oxygen atoms in total. The third-order valence-corrected chi connectivity index (χ3v) is 5.99. The summed E-state index contributed by atoms with van der Waals surface area (Å²) in [6.45, 7) is 5.01. The molecule has 0 aliphatic heterocycles. The quantitative estimate of drug-likeness (QED) is 0.235. The second kappa shape index (κ2) is 10.9. The van der Waals surface area contributed by atoms with Crippen LogP contribution in [0.1, 0.15) is 49.4 Å². The molecule has 4 aromatic rings. The van der Waals surface area contributed by atoms with E-state index in [0.29, 0.717) is 6.61 Å². The standard InChI is InChI=1S/C30H33NO/c1-3-4-5-7-10-25-14-18-28(19-15-25)31-24(2)13-22-30(31)27-16-20-29(21-17-27)32-23-26-11-8-6-9-12-26/h6,8-9,11-22H,3-5,7,10,23H2,1-2H3. The van der Waals surface area contributed by atoms with Crippen LogP contribution in [0.3, 0.4) is 0 Å². The van der Waals surface area contributed by atoms with Crippen molar-refractivity contribution in [1.82, 2.24) is 4.57 Å². The molecule has 0 aliphatic carbocycles. The highest BCUT2D eigenvalue weighted by Gasteiger charge is 2.10. The van der Waals surface area contributed by atoms with Gasteiger partial charge in [0.15, 0.2) is 0 Å². The van der Waals surface area contributed by atoms with Crippen molar-refractivity contribution in [2.24, 2.45) is 0 Å². The summed E-state index contributed by atoms with van der Waals surface area (Å²) >= 11 is 0. The number of hydrogen-bond acceptors (Lipinski definition) is 1. The summed E-state index contributed by atoms with van der Waals surface area (Å²) in [6, 6.07) is 32.1. The van der Waals surface area contributed by atoms with Crippen LogP contribution in [0.5, 0.6) is 5.75 Å². The van der Waals surface area contributed by atoms with E-state index in [1.165, 1.54) is 65.9 Å². The molecule has 0 bridgehead atoms. The van der Waals surface area contributed by atoms with Gasteiger partial charge < -0.3 is 9.30 Å². The molecule has 0 amide bonds. The Morgan fingerprint density at radius 1 is 0.688 bits per heavy atom. The Balaban J connectivity index is 1.46. The van der Waals surface area contributed by atoms with Gasteiger partial charge in [0.2, 0.25) is 0 Å². The van der Waals surface area contributed by atoms with Crippen LogP contribution in [0, 0.1) is 6.92 Å². The molecule has 2 heteroatoms. The summed E-state index contributed by atoms with van der Waals surface area (Å²) in [4.78, 5) is 0. The number of ether oxygens (including phenoxy) is 1. The third kappa shape index (κ3) is 5.50. The molecule has 1 heterocycles. The number of aryl methyl sites for hydroxylation is 2. The van der Waals surface area contributed by atoms with Crippen molar-refractivity contribution in [2.75, 3.05) is 0 Å². The average molecular weight is 424 g/mol. The predicted octanol–water partition coefficient (Wildman–Crippen LogP) is 8.15.